The summed E-state index contributed by atoms with van der Waals surface area (Å²) in [7, 11) is 1.63. The van der Waals surface area contributed by atoms with Gasteiger partial charge in [-0.1, -0.05) is 18.2 Å². The zero-order valence-corrected chi connectivity index (χ0v) is 17.3. The van der Waals surface area contributed by atoms with Crippen LogP contribution >= 0.6 is 0 Å². The molecular weight excluding hydrogens is 382 g/mol. The van der Waals surface area contributed by atoms with Crippen LogP contribution in [0.25, 0.3) is 11.3 Å². The number of rotatable bonds is 6. The van der Waals surface area contributed by atoms with Crippen LogP contribution in [0.1, 0.15) is 45.2 Å². The Morgan fingerprint density at radius 1 is 1.20 bits per heavy atom. The van der Waals surface area contributed by atoms with Crippen molar-refractivity contribution in [3.63, 3.8) is 0 Å². The van der Waals surface area contributed by atoms with E-state index in [1.807, 2.05) is 32.0 Å². The highest BCUT2D eigenvalue weighted by atomic mass is 16.5. The van der Waals surface area contributed by atoms with Gasteiger partial charge in [0.1, 0.15) is 22.9 Å². The number of aromatic amines is 1. The topological polar surface area (TPSA) is 98.7 Å². The second-order valence-corrected chi connectivity index (χ2v) is 7.68. The van der Waals surface area contributed by atoms with E-state index in [0.29, 0.717) is 42.1 Å². The van der Waals surface area contributed by atoms with E-state index in [2.05, 4.69) is 10.2 Å². The number of hydrogen-bond acceptors (Lipinski definition) is 5. The fourth-order valence-corrected chi connectivity index (χ4v) is 4.19. The van der Waals surface area contributed by atoms with Gasteiger partial charge in [0.25, 0.3) is 5.91 Å². The number of aryl methyl sites for hydroxylation is 2. The number of aromatic nitrogens is 2. The first-order valence-corrected chi connectivity index (χ1v) is 9.90. The minimum Gasteiger partial charge on any atom is -0.508 e. The molecule has 0 saturated heterocycles. The molecule has 0 saturated carbocycles. The zero-order valence-electron chi connectivity index (χ0n) is 17.3. The number of H-pyrrole nitrogens is 1. The van der Waals surface area contributed by atoms with Crippen molar-refractivity contribution >= 4 is 5.91 Å². The Morgan fingerprint density at radius 2 is 2.00 bits per heavy atom. The van der Waals surface area contributed by atoms with E-state index in [9.17, 15) is 15.0 Å². The molecule has 1 aliphatic rings. The van der Waals surface area contributed by atoms with E-state index in [4.69, 9.17) is 4.74 Å². The van der Waals surface area contributed by atoms with E-state index in [1.54, 1.807) is 30.2 Å². The number of carbonyl (C=O) groups is 1. The number of phenolic OH excluding ortho intramolecular Hbond substituents is 2. The van der Waals surface area contributed by atoms with Crippen LogP contribution in [0.2, 0.25) is 0 Å². The first kappa shape index (κ1) is 20.0. The molecule has 0 bridgehead atoms. The van der Waals surface area contributed by atoms with Gasteiger partial charge in [0, 0.05) is 31.4 Å². The van der Waals surface area contributed by atoms with Gasteiger partial charge in [-0.25, -0.2) is 0 Å². The standard InChI is InChI=1S/C23H25N3O4/c1-13-10-14(2)22(28)17(11-13)19-18-20(25-24-19)23(29)26(8-5-9-30-3)21(18)15-6-4-7-16(27)12-15/h4,6-7,10-12,21,27-28H,5,8-9H2,1-3H3,(H,24,25)/t21-/m1/s1. The third kappa shape index (κ3) is 3.31. The predicted octanol–water partition coefficient (Wildman–Crippen LogP) is 3.69. The number of nitrogens with zero attached hydrogens (tertiary/aromatic N) is 2. The number of amides is 1. The van der Waals surface area contributed by atoms with Gasteiger partial charge < -0.3 is 19.8 Å². The molecule has 7 heteroatoms. The number of aromatic hydroxyl groups is 2. The van der Waals surface area contributed by atoms with E-state index in [0.717, 1.165) is 16.7 Å². The minimum absolute atomic E-state index is 0.129. The highest BCUT2D eigenvalue weighted by molar-refractivity contribution is 6.00. The van der Waals surface area contributed by atoms with Gasteiger partial charge in [-0.2, -0.15) is 5.10 Å². The molecule has 2 aromatic carbocycles. The second kappa shape index (κ2) is 7.84. The Bertz CT molecular complexity index is 1110. The molecular formula is C23H25N3O4. The van der Waals surface area contributed by atoms with Crippen molar-refractivity contribution in [2.24, 2.45) is 0 Å². The molecule has 7 nitrogen and oxygen atoms in total. The Hall–Kier alpha value is -3.32. The van der Waals surface area contributed by atoms with Crippen LogP contribution in [0.3, 0.4) is 0 Å². The minimum atomic E-state index is -0.426. The highest BCUT2D eigenvalue weighted by Crippen LogP contribution is 2.45. The number of fused-ring (bicyclic) bond motifs is 1. The predicted molar refractivity (Wildman–Crippen MR) is 113 cm³/mol. The number of hydrogen-bond donors (Lipinski definition) is 3. The zero-order chi connectivity index (χ0) is 21.4. The van der Waals surface area contributed by atoms with Crippen molar-refractivity contribution in [3.8, 4) is 22.8 Å². The molecule has 1 atom stereocenters. The van der Waals surface area contributed by atoms with Gasteiger partial charge >= 0.3 is 0 Å². The third-order valence-electron chi connectivity index (χ3n) is 5.50. The molecule has 156 valence electrons. The lowest BCUT2D eigenvalue weighted by molar-refractivity contribution is 0.0723. The summed E-state index contributed by atoms with van der Waals surface area (Å²) in [6, 6.07) is 10.3. The maximum absolute atomic E-state index is 13.2. The van der Waals surface area contributed by atoms with Gasteiger partial charge in [-0.15, -0.1) is 0 Å². The van der Waals surface area contributed by atoms with Crippen LogP contribution < -0.4 is 0 Å². The summed E-state index contributed by atoms with van der Waals surface area (Å²) in [5.41, 5.74) is 4.78. The molecule has 0 aliphatic carbocycles. The Kier molecular flexibility index (Phi) is 5.22. The Morgan fingerprint density at radius 3 is 2.73 bits per heavy atom. The van der Waals surface area contributed by atoms with Crippen molar-refractivity contribution < 1.29 is 19.7 Å². The molecule has 0 unspecified atom stereocenters. The smallest absolute Gasteiger partial charge is 0.273 e. The van der Waals surface area contributed by atoms with Crippen molar-refractivity contribution in [3.05, 3.63) is 64.3 Å². The van der Waals surface area contributed by atoms with E-state index < -0.39 is 6.04 Å². The van der Waals surface area contributed by atoms with Gasteiger partial charge in [-0.05, 0) is 55.2 Å². The summed E-state index contributed by atoms with van der Waals surface area (Å²) in [5.74, 6) is 0.122. The molecule has 0 spiro atoms. The molecule has 4 rings (SSSR count). The van der Waals surface area contributed by atoms with E-state index >= 15 is 0 Å². The Balaban J connectivity index is 1.88. The van der Waals surface area contributed by atoms with Crippen molar-refractivity contribution in [1.82, 2.24) is 15.1 Å². The monoisotopic (exact) mass is 407 g/mol. The fourth-order valence-electron chi connectivity index (χ4n) is 4.19. The first-order valence-electron chi connectivity index (χ1n) is 9.90. The van der Waals surface area contributed by atoms with E-state index in [1.165, 1.54) is 0 Å². The number of carbonyl (C=O) groups excluding carboxylic acids is 1. The van der Waals surface area contributed by atoms with Crippen LogP contribution in [0.4, 0.5) is 0 Å². The number of ether oxygens (including phenoxy) is 1. The largest absolute Gasteiger partial charge is 0.508 e. The maximum Gasteiger partial charge on any atom is 0.273 e. The summed E-state index contributed by atoms with van der Waals surface area (Å²) in [5, 5.41) is 28.1. The first-order chi connectivity index (χ1) is 14.4. The number of methoxy groups -OCH3 is 1. The van der Waals surface area contributed by atoms with Gasteiger partial charge in [0.2, 0.25) is 0 Å². The normalized spacial score (nSPS) is 15.6. The quantitative estimate of drug-likeness (QED) is 0.542. The van der Waals surface area contributed by atoms with E-state index in [-0.39, 0.29) is 17.4 Å². The lowest BCUT2D eigenvalue weighted by Crippen LogP contribution is -2.31. The summed E-state index contributed by atoms with van der Waals surface area (Å²) in [4.78, 5) is 15.0. The molecule has 0 fully saturated rings. The van der Waals surface area contributed by atoms with Crippen LogP contribution in [-0.4, -0.2) is 51.5 Å². The average Bonchev–Trinajstić information content (AvgIpc) is 3.24. The van der Waals surface area contributed by atoms with Crippen LogP contribution in [-0.2, 0) is 4.74 Å². The number of nitrogens with one attached hydrogen (secondary N) is 1. The maximum atomic E-state index is 13.2. The average molecular weight is 407 g/mol. The summed E-state index contributed by atoms with van der Waals surface area (Å²) in [6.07, 6.45) is 0.680. The van der Waals surface area contributed by atoms with Gasteiger partial charge in [0.15, 0.2) is 0 Å². The van der Waals surface area contributed by atoms with Gasteiger partial charge in [0.05, 0.1) is 6.04 Å². The van der Waals surface area contributed by atoms with Crippen LogP contribution in [0.15, 0.2) is 36.4 Å². The number of phenols is 2. The van der Waals surface area contributed by atoms with Crippen molar-refractivity contribution in [2.75, 3.05) is 20.3 Å². The van der Waals surface area contributed by atoms with Crippen molar-refractivity contribution in [1.29, 1.82) is 0 Å². The summed E-state index contributed by atoms with van der Waals surface area (Å²) < 4.78 is 5.16. The molecule has 0 radical (unpaired) electrons. The lowest BCUT2D eigenvalue weighted by Gasteiger charge is -2.26. The third-order valence-corrected chi connectivity index (χ3v) is 5.50. The van der Waals surface area contributed by atoms with Crippen LogP contribution in [0.5, 0.6) is 11.5 Å². The molecule has 1 amide bonds. The molecule has 1 aliphatic heterocycles. The Labute approximate surface area is 174 Å². The molecule has 2 heterocycles. The van der Waals surface area contributed by atoms with Crippen molar-refractivity contribution in [2.45, 2.75) is 26.3 Å². The summed E-state index contributed by atoms with van der Waals surface area (Å²) >= 11 is 0. The molecule has 1 aromatic heterocycles. The molecule has 30 heavy (non-hydrogen) atoms. The number of benzene rings is 2. The van der Waals surface area contributed by atoms with Gasteiger partial charge in [-0.3, -0.25) is 9.89 Å². The highest BCUT2D eigenvalue weighted by Gasteiger charge is 2.42. The second-order valence-electron chi connectivity index (χ2n) is 7.68. The molecule has 3 aromatic rings. The summed E-state index contributed by atoms with van der Waals surface area (Å²) in [6.45, 7) is 4.83. The van der Waals surface area contributed by atoms with Crippen LogP contribution in [0, 0.1) is 13.8 Å². The SMILES string of the molecule is COCCCN1C(=O)c2[nH]nc(-c3cc(C)cc(C)c3O)c2[C@H]1c1cccc(O)c1. The fraction of sp³-hybridized carbons (Fsp3) is 0.304. The molecule has 3 N–H and O–H groups in total. The lowest BCUT2D eigenvalue weighted by atomic mass is 9.94.